The Morgan fingerprint density at radius 2 is 1.92 bits per heavy atom. The molecule has 1 unspecified atom stereocenters. The minimum atomic E-state index is -0.163. The van der Waals surface area contributed by atoms with Crippen molar-refractivity contribution in [2.75, 3.05) is 0 Å². The molecule has 6 nitrogen and oxygen atoms in total. The van der Waals surface area contributed by atoms with Gasteiger partial charge in [0.1, 0.15) is 5.76 Å². The lowest BCUT2D eigenvalue weighted by molar-refractivity contribution is 0.0940. The normalized spacial score (nSPS) is 17.8. The third kappa shape index (κ3) is 5.23. The summed E-state index contributed by atoms with van der Waals surface area (Å²) in [5, 5.41) is 6.02. The van der Waals surface area contributed by atoms with Crippen molar-refractivity contribution in [2.45, 2.75) is 71.4 Å². The van der Waals surface area contributed by atoms with E-state index in [9.17, 15) is 9.59 Å². The van der Waals surface area contributed by atoms with Crippen LogP contribution in [0.15, 0.2) is 53.1 Å². The molecule has 1 saturated carbocycles. The maximum absolute atomic E-state index is 13.0. The van der Waals surface area contributed by atoms with E-state index in [0.717, 1.165) is 41.3 Å². The van der Waals surface area contributed by atoms with Crippen LogP contribution in [0.3, 0.4) is 0 Å². The van der Waals surface area contributed by atoms with Gasteiger partial charge in [-0.25, -0.2) is 0 Å². The molecule has 36 heavy (non-hydrogen) atoms. The van der Waals surface area contributed by atoms with E-state index in [4.69, 9.17) is 9.40 Å². The van der Waals surface area contributed by atoms with Crippen LogP contribution in [0.5, 0.6) is 0 Å². The molecule has 1 fully saturated rings. The molecule has 3 heterocycles. The van der Waals surface area contributed by atoms with Crippen LogP contribution >= 0.6 is 0 Å². The van der Waals surface area contributed by atoms with Gasteiger partial charge >= 0.3 is 0 Å². The van der Waals surface area contributed by atoms with E-state index in [1.54, 1.807) is 12.3 Å². The molecule has 0 saturated heterocycles. The van der Waals surface area contributed by atoms with Gasteiger partial charge < -0.3 is 15.1 Å². The summed E-state index contributed by atoms with van der Waals surface area (Å²) in [6.07, 6.45) is 10.3. The minimum Gasteiger partial charge on any atom is -0.467 e. The first kappa shape index (κ1) is 24.3. The highest BCUT2D eigenvalue weighted by atomic mass is 16.3. The van der Waals surface area contributed by atoms with Crippen LogP contribution in [0.1, 0.15) is 96.3 Å². The Balaban J connectivity index is 1.40. The van der Waals surface area contributed by atoms with Gasteiger partial charge in [0.2, 0.25) is 0 Å². The van der Waals surface area contributed by atoms with Gasteiger partial charge in [0.05, 0.1) is 30.1 Å². The van der Waals surface area contributed by atoms with Crippen LogP contribution in [0.4, 0.5) is 0 Å². The van der Waals surface area contributed by atoms with Crippen LogP contribution in [-0.2, 0) is 13.0 Å². The lowest BCUT2D eigenvalue weighted by Crippen LogP contribution is -2.23. The highest BCUT2D eigenvalue weighted by molar-refractivity contribution is 6.05. The van der Waals surface area contributed by atoms with Crippen molar-refractivity contribution in [1.29, 1.82) is 0 Å². The van der Waals surface area contributed by atoms with E-state index in [2.05, 4.69) is 30.5 Å². The molecule has 0 radical (unpaired) electrons. The smallest absolute Gasteiger partial charge is 0.254 e. The number of hydrogen-bond acceptors (Lipinski definition) is 4. The second kappa shape index (κ2) is 10.7. The van der Waals surface area contributed by atoms with Crippen molar-refractivity contribution in [3.63, 3.8) is 0 Å². The summed E-state index contributed by atoms with van der Waals surface area (Å²) in [5.41, 5.74) is 4.99. The van der Waals surface area contributed by atoms with Gasteiger partial charge in [-0.15, -0.1) is 0 Å². The zero-order valence-corrected chi connectivity index (χ0v) is 21.2. The van der Waals surface area contributed by atoms with E-state index in [-0.39, 0.29) is 23.8 Å². The number of carbonyl (C=O) groups excluding carboxylic acids is 2. The lowest BCUT2D eigenvalue weighted by atomic mass is 9.85. The zero-order chi connectivity index (χ0) is 25.1. The van der Waals surface area contributed by atoms with Crippen molar-refractivity contribution >= 4 is 11.8 Å². The molecule has 2 amide bonds. The number of aromatic nitrogens is 1. The van der Waals surface area contributed by atoms with Gasteiger partial charge in [-0.2, -0.15) is 0 Å². The number of nitrogens with one attached hydrogen (secondary N) is 2. The SMILES string of the molecule is CC(C)C1NC(=O)c2c(-c3ccc(C(=O)NCc4ccco4)cc3)cc(CCC3CCCCC3)nc21. The quantitative estimate of drug-likeness (QED) is 0.396. The number of carbonyl (C=O) groups is 2. The van der Waals surface area contributed by atoms with E-state index in [1.807, 2.05) is 30.3 Å². The first-order valence-electron chi connectivity index (χ1n) is 13.3. The monoisotopic (exact) mass is 485 g/mol. The van der Waals surface area contributed by atoms with Crippen LogP contribution in [-0.4, -0.2) is 16.8 Å². The molecule has 3 aromatic rings. The summed E-state index contributed by atoms with van der Waals surface area (Å²) in [4.78, 5) is 30.7. The molecular weight excluding hydrogens is 450 g/mol. The summed E-state index contributed by atoms with van der Waals surface area (Å²) in [6.45, 7) is 4.57. The molecule has 1 aromatic carbocycles. The van der Waals surface area contributed by atoms with Gasteiger partial charge in [-0.3, -0.25) is 14.6 Å². The molecule has 5 rings (SSSR count). The number of nitrogens with zero attached hydrogens (tertiary/aromatic N) is 1. The van der Waals surface area contributed by atoms with Gasteiger partial charge in [0.25, 0.3) is 11.8 Å². The second-order valence-electron chi connectivity index (χ2n) is 10.5. The fraction of sp³-hybridized carbons (Fsp3) is 0.433. The van der Waals surface area contributed by atoms with E-state index in [0.29, 0.717) is 23.4 Å². The second-order valence-corrected chi connectivity index (χ2v) is 10.5. The topological polar surface area (TPSA) is 84.2 Å². The standard InChI is InChI=1S/C30H35N3O3/c1-19(2)27-28-26(30(35)33-27)25(17-23(32-28)15-10-20-7-4-3-5-8-20)21-11-13-22(14-12-21)29(34)31-18-24-9-6-16-36-24/h6,9,11-14,16-17,19-20,27H,3-5,7-8,10,15,18H2,1-2H3,(H,31,34)(H,33,35). The van der Waals surface area contributed by atoms with Gasteiger partial charge in [0, 0.05) is 11.3 Å². The van der Waals surface area contributed by atoms with Gasteiger partial charge in [-0.05, 0) is 66.1 Å². The predicted molar refractivity (Wildman–Crippen MR) is 139 cm³/mol. The van der Waals surface area contributed by atoms with Gasteiger partial charge in [-0.1, -0.05) is 58.1 Å². The highest BCUT2D eigenvalue weighted by Gasteiger charge is 2.35. The first-order chi connectivity index (χ1) is 17.5. The molecule has 2 N–H and O–H groups in total. The number of rotatable bonds is 8. The third-order valence-corrected chi connectivity index (χ3v) is 7.57. The van der Waals surface area contributed by atoms with E-state index >= 15 is 0 Å². The molecule has 2 aliphatic rings. The fourth-order valence-electron chi connectivity index (χ4n) is 5.51. The summed E-state index contributed by atoms with van der Waals surface area (Å²) < 4.78 is 5.29. The Morgan fingerprint density at radius 3 is 2.61 bits per heavy atom. The van der Waals surface area contributed by atoms with E-state index < -0.39 is 0 Å². The summed E-state index contributed by atoms with van der Waals surface area (Å²) in [6, 6.07) is 13.1. The molecule has 1 aliphatic heterocycles. The van der Waals surface area contributed by atoms with Crippen LogP contribution < -0.4 is 10.6 Å². The predicted octanol–water partition coefficient (Wildman–Crippen LogP) is 6.23. The fourth-order valence-corrected chi connectivity index (χ4v) is 5.51. The van der Waals surface area contributed by atoms with Crippen molar-refractivity contribution in [1.82, 2.24) is 15.6 Å². The Labute approximate surface area is 212 Å². The number of amides is 2. The molecule has 188 valence electrons. The van der Waals surface area contributed by atoms with Crippen molar-refractivity contribution in [2.24, 2.45) is 11.8 Å². The Morgan fingerprint density at radius 1 is 1.14 bits per heavy atom. The lowest BCUT2D eigenvalue weighted by Gasteiger charge is -2.22. The Kier molecular flexibility index (Phi) is 7.21. The number of hydrogen-bond donors (Lipinski definition) is 2. The molecule has 0 bridgehead atoms. The number of aryl methyl sites for hydroxylation is 1. The van der Waals surface area contributed by atoms with Crippen molar-refractivity contribution in [3.05, 3.63) is 77.0 Å². The molecule has 6 heteroatoms. The van der Waals surface area contributed by atoms with Crippen LogP contribution in [0.25, 0.3) is 11.1 Å². The minimum absolute atomic E-state index is 0.0645. The van der Waals surface area contributed by atoms with Gasteiger partial charge in [0.15, 0.2) is 0 Å². The number of pyridine rings is 1. The number of furan rings is 1. The molecule has 1 aliphatic carbocycles. The average Bonchev–Trinajstić information content (AvgIpc) is 3.54. The van der Waals surface area contributed by atoms with Crippen molar-refractivity contribution in [3.8, 4) is 11.1 Å². The molecular formula is C30H35N3O3. The molecule has 1 atom stereocenters. The maximum atomic E-state index is 13.0. The Hall–Kier alpha value is -3.41. The molecule has 0 spiro atoms. The number of fused-ring (bicyclic) bond motifs is 1. The Bertz CT molecular complexity index is 1210. The van der Waals surface area contributed by atoms with Crippen LogP contribution in [0, 0.1) is 11.8 Å². The zero-order valence-electron chi connectivity index (χ0n) is 21.2. The van der Waals surface area contributed by atoms with Crippen LogP contribution in [0.2, 0.25) is 0 Å². The maximum Gasteiger partial charge on any atom is 0.254 e. The third-order valence-electron chi connectivity index (χ3n) is 7.57. The van der Waals surface area contributed by atoms with E-state index in [1.165, 1.54) is 32.1 Å². The summed E-state index contributed by atoms with van der Waals surface area (Å²) in [5.74, 6) is 1.51. The highest BCUT2D eigenvalue weighted by Crippen LogP contribution is 2.37. The summed E-state index contributed by atoms with van der Waals surface area (Å²) >= 11 is 0. The first-order valence-corrected chi connectivity index (χ1v) is 13.3. The summed E-state index contributed by atoms with van der Waals surface area (Å²) in [7, 11) is 0. The average molecular weight is 486 g/mol. The largest absolute Gasteiger partial charge is 0.467 e. The van der Waals surface area contributed by atoms with Crippen molar-refractivity contribution < 1.29 is 14.0 Å². The molecule has 2 aromatic heterocycles. The number of benzene rings is 1.